The second-order valence-electron chi connectivity index (χ2n) is 10.7. The summed E-state index contributed by atoms with van der Waals surface area (Å²) in [7, 11) is -0.935. The van der Waals surface area contributed by atoms with Gasteiger partial charge in [0.1, 0.15) is 16.2 Å². The fraction of sp³-hybridized carbons (Fsp3) is 0.345. The topological polar surface area (TPSA) is 102 Å². The molecular weight excluding hydrogens is 607 g/mol. The number of alkyl halides is 5. The van der Waals surface area contributed by atoms with E-state index in [1.165, 1.54) is 55.2 Å². The highest BCUT2D eigenvalue weighted by Gasteiger charge is 2.62. The van der Waals surface area contributed by atoms with Gasteiger partial charge >= 0.3 is 12.1 Å². The van der Waals surface area contributed by atoms with Crippen LogP contribution in [0.3, 0.4) is 0 Å². The molecule has 44 heavy (non-hydrogen) atoms. The number of hydrogen-bond acceptors (Lipinski definition) is 7. The van der Waals surface area contributed by atoms with Crippen molar-refractivity contribution in [1.82, 2.24) is 24.6 Å². The van der Waals surface area contributed by atoms with E-state index in [0.29, 0.717) is 5.56 Å². The molecular formula is C29H29F5N6O3S. The zero-order valence-corrected chi connectivity index (χ0v) is 24.8. The molecule has 234 valence electrons. The Morgan fingerprint density at radius 3 is 2.32 bits per heavy atom. The van der Waals surface area contributed by atoms with Crippen molar-refractivity contribution < 1.29 is 35.1 Å². The van der Waals surface area contributed by atoms with E-state index in [1.54, 1.807) is 18.2 Å². The summed E-state index contributed by atoms with van der Waals surface area (Å²) in [4.78, 5) is 9.54. The summed E-state index contributed by atoms with van der Waals surface area (Å²) < 4.78 is 107. The molecule has 5 rings (SSSR count). The third kappa shape index (κ3) is 6.38. The normalized spacial score (nSPS) is 16.6. The van der Waals surface area contributed by atoms with E-state index in [0.717, 1.165) is 37.7 Å². The first kappa shape index (κ1) is 31.3. The number of anilines is 1. The van der Waals surface area contributed by atoms with Crippen LogP contribution in [0.5, 0.6) is 11.6 Å². The molecule has 0 saturated carbocycles. The summed E-state index contributed by atoms with van der Waals surface area (Å²) in [5.41, 5.74) is -1.34. The van der Waals surface area contributed by atoms with Crippen LogP contribution in [0.15, 0.2) is 65.8 Å². The molecule has 4 aromatic rings. The summed E-state index contributed by atoms with van der Waals surface area (Å²) in [5.74, 6) is -7.27. The van der Waals surface area contributed by atoms with Gasteiger partial charge in [0.25, 0.3) is 10.0 Å². The Balaban J connectivity index is 1.66. The number of halogens is 5. The van der Waals surface area contributed by atoms with E-state index >= 15 is 8.78 Å². The lowest BCUT2D eigenvalue weighted by Crippen LogP contribution is -2.35. The Bertz CT molecular complexity index is 1760. The summed E-state index contributed by atoms with van der Waals surface area (Å²) in [6.45, 7) is 3.28. The van der Waals surface area contributed by atoms with Crippen LogP contribution >= 0.6 is 0 Å². The molecule has 0 radical (unpaired) electrons. The molecule has 0 aliphatic carbocycles. The number of likely N-dealkylation sites (N-methyl/N-ethyl adjacent to an activating group) is 1. The molecule has 0 bridgehead atoms. The molecule has 0 amide bonds. The highest BCUT2D eigenvalue weighted by Crippen LogP contribution is 2.51. The Morgan fingerprint density at radius 1 is 1.00 bits per heavy atom. The van der Waals surface area contributed by atoms with Crippen molar-refractivity contribution >= 4 is 16.0 Å². The van der Waals surface area contributed by atoms with Gasteiger partial charge in [-0.05, 0) is 62.5 Å². The monoisotopic (exact) mass is 636 g/mol. The minimum absolute atomic E-state index is 0.0763. The van der Waals surface area contributed by atoms with Crippen LogP contribution in [0.4, 0.5) is 27.9 Å². The Labute approximate surface area is 250 Å². The van der Waals surface area contributed by atoms with Gasteiger partial charge in [0.2, 0.25) is 11.8 Å². The summed E-state index contributed by atoms with van der Waals surface area (Å²) >= 11 is 0. The molecule has 0 spiro atoms. The first-order valence-corrected chi connectivity index (χ1v) is 15.0. The molecule has 1 aliphatic rings. The van der Waals surface area contributed by atoms with Gasteiger partial charge in [-0.3, -0.25) is 4.68 Å². The predicted octanol–water partition coefficient (Wildman–Crippen LogP) is 6.24. The van der Waals surface area contributed by atoms with Gasteiger partial charge in [-0.15, -0.1) is 0 Å². The second kappa shape index (κ2) is 11.8. The standard InChI is InChI=1S/C29H29F5N6O3S/c1-18-7-4-5-9-23(18)25-24(28(30,31)29(32,33)34)26(37-27(36-25)38-44(41,42)22-15-35-40(3)17-22)43-21-12-10-19(11-13-21)20-8-6-14-39(2)16-20/h4-5,7,9-13,15,17,20H,6,8,14,16H2,1-3H3,(H,36,37,38). The largest absolute Gasteiger partial charge is 0.458 e. The highest BCUT2D eigenvalue weighted by molar-refractivity contribution is 7.92. The number of hydrogen-bond donors (Lipinski definition) is 1. The molecule has 1 unspecified atom stereocenters. The number of likely N-dealkylation sites (tertiary alicyclic amines) is 1. The van der Waals surface area contributed by atoms with Gasteiger partial charge in [0, 0.05) is 25.4 Å². The van der Waals surface area contributed by atoms with Crippen LogP contribution in [0.25, 0.3) is 11.3 Å². The third-order valence-electron chi connectivity index (χ3n) is 7.35. The van der Waals surface area contributed by atoms with E-state index in [9.17, 15) is 21.6 Å². The maximum Gasteiger partial charge on any atom is 0.458 e. The number of ether oxygens (including phenoxy) is 1. The number of aromatic nitrogens is 4. The van der Waals surface area contributed by atoms with E-state index in [2.05, 4.69) is 24.7 Å². The van der Waals surface area contributed by atoms with Gasteiger partial charge < -0.3 is 9.64 Å². The van der Waals surface area contributed by atoms with Crippen LogP contribution in [-0.2, 0) is 23.0 Å². The lowest BCUT2D eigenvalue weighted by atomic mass is 9.91. The summed E-state index contributed by atoms with van der Waals surface area (Å²) in [6.07, 6.45) is -1.92. The Hall–Kier alpha value is -4.11. The average molecular weight is 637 g/mol. The molecule has 1 saturated heterocycles. The molecule has 1 N–H and O–H groups in total. The van der Waals surface area contributed by atoms with E-state index in [4.69, 9.17) is 4.74 Å². The first-order chi connectivity index (χ1) is 20.7. The van der Waals surface area contributed by atoms with Crippen molar-refractivity contribution in [2.75, 3.05) is 24.9 Å². The zero-order valence-electron chi connectivity index (χ0n) is 23.9. The number of aryl methyl sites for hydroxylation is 2. The average Bonchev–Trinajstić information content (AvgIpc) is 3.40. The first-order valence-electron chi connectivity index (χ1n) is 13.6. The third-order valence-corrected chi connectivity index (χ3v) is 8.64. The van der Waals surface area contributed by atoms with Gasteiger partial charge in [-0.25, -0.2) is 18.1 Å². The lowest BCUT2D eigenvalue weighted by molar-refractivity contribution is -0.289. The highest BCUT2D eigenvalue weighted by atomic mass is 32.2. The van der Waals surface area contributed by atoms with Crippen molar-refractivity contribution in [3.8, 4) is 22.9 Å². The second-order valence-corrected chi connectivity index (χ2v) is 12.4. The fourth-order valence-electron chi connectivity index (χ4n) is 5.09. The van der Waals surface area contributed by atoms with Crippen LogP contribution in [0.1, 0.15) is 35.4 Å². The quantitative estimate of drug-likeness (QED) is 0.229. The molecule has 1 fully saturated rings. The van der Waals surface area contributed by atoms with Crippen LogP contribution in [-0.4, -0.2) is 59.4 Å². The van der Waals surface area contributed by atoms with Crippen molar-refractivity contribution in [2.45, 2.75) is 42.7 Å². The molecule has 1 aliphatic heterocycles. The van der Waals surface area contributed by atoms with Crippen LogP contribution in [0.2, 0.25) is 0 Å². The van der Waals surface area contributed by atoms with Crippen molar-refractivity contribution in [3.05, 3.63) is 77.6 Å². The van der Waals surface area contributed by atoms with Crippen molar-refractivity contribution in [3.63, 3.8) is 0 Å². The zero-order chi connectivity index (χ0) is 31.9. The number of rotatable bonds is 8. The van der Waals surface area contributed by atoms with Gasteiger partial charge in [-0.1, -0.05) is 36.4 Å². The van der Waals surface area contributed by atoms with Crippen molar-refractivity contribution in [1.29, 1.82) is 0 Å². The molecule has 3 heterocycles. The molecule has 1 atom stereocenters. The van der Waals surface area contributed by atoms with Gasteiger partial charge in [-0.2, -0.15) is 32.0 Å². The minimum Gasteiger partial charge on any atom is -0.438 e. The van der Waals surface area contributed by atoms with Gasteiger partial charge in [0.15, 0.2) is 0 Å². The van der Waals surface area contributed by atoms with Crippen molar-refractivity contribution in [2.24, 2.45) is 7.05 Å². The van der Waals surface area contributed by atoms with E-state index in [1.807, 2.05) is 7.05 Å². The molecule has 2 aromatic heterocycles. The number of nitrogens with zero attached hydrogens (tertiary/aromatic N) is 5. The molecule has 2 aromatic carbocycles. The predicted molar refractivity (Wildman–Crippen MR) is 152 cm³/mol. The Morgan fingerprint density at radius 2 is 1.70 bits per heavy atom. The maximum absolute atomic E-state index is 15.3. The summed E-state index contributed by atoms with van der Waals surface area (Å²) in [6, 6.07) is 12.1. The SMILES string of the molecule is Cc1ccccc1-c1nc(NS(=O)(=O)c2cnn(C)c2)nc(Oc2ccc(C3CCCN(C)C3)cc2)c1C(F)(F)C(F)(F)F. The smallest absolute Gasteiger partial charge is 0.438 e. The fourth-order valence-corrected chi connectivity index (χ4v) is 6.02. The molecule has 9 nitrogen and oxygen atoms in total. The lowest BCUT2D eigenvalue weighted by Gasteiger charge is -2.30. The Kier molecular flexibility index (Phi) is 8.37. The summed E-state index contributed by atoms with van der Waals surface area (Å²) in [5, 5.41) is 3.80. The van der Waals surface area contributed by atoms with Crippen LogP contribution < -0.4 is 9.46 Å². The number of piperidine rings is 1. The van der Waals surface area contributed by atoms with E-state index in [-0.39, 0.29) is 22.1 Å². The maximum atomic E-state index is 15.3. The minimum atomic E-state index is -6.06. The van der Waals surface area contributed by atoms with Gasteiger partial charge in [0.05, 0.1) is 11.9 Å². The van der Waals surface area contributed by atoms with E-state index < -0.39 is 45.2 Å². The van der Waals surface area contributed by atoms with Crippen LogP contribution in [0, 0.1) is 6.92 Å². The molecule has 15 heteroatoms. The number of sulfonamides is 1. The number of nitrogens with one attached hydrogen (secondary N) is 1. The number of benzene rings is 2.